The second-order valence-electron chi connectivity index (χ2n) is 4.33. The largest absolute Gasteiger partial charge is 0.390 e. The molecule has 0 spiro atoms. The number of hydrogen-bond acceptors (Lipinski definition) is 2. The maximum atomic E-state index is 12.3. The Morgan fingerprint density at radius 3 is 2.50 bits per heavy atom. The fraction of sp³-hybridized carbons (Fsp3) is 0.538. The number of rotatable bonds is 6. The number of benzene rings is 1. The summed E-state index contributed by atoms with van der Waals surface area (Å²) >= 11 is 0. The van der Waals surface area contributed by atoms with Crippen molar-refractivity contribution in [2.24, 2.45) is 5.73 Å². The zero-order valence-electron chi connectivity index (χ0n) is 10.5. The van der Waals surface area contributed by atoms with Gasteiger partial charge in [-0.1, -0.05) is 12.1 Å². The van der Waals surface area contributed by atoms with Gasteiger partial charge >= 0.3 is 6.18 Å². The van der Waals surface area contributed by atoms with E-state index < -0.39 is 12.6 Å². The topological polar surface area (TPSA) is 29.3 Å². The van der Waals surface area contributed by atoms with Gasteiger partial charge in [-0.2, -0.15) is 13.2 Å². The molecule has 0 aromatic heterocycles. The average molecular weight is 260 g/mol. The summed E-state index contributed by atoms with van der Waals surface area (Å²) in [6.07, 6.45) is -4.23. The van der Waals surface area contributed by atoms with Gasteiger partial charge in [0, 0.05) is 18.8 Å². The van der Waals surface area contributed by atoms with Crippen molar-refractivity contribution in [1.82, 2.24) is 0 Å². The summed E-state index contributed by atoms with van der Waals surface area (Å²) < 4.78 is 36.8. The minimum atomic E-state index is -4.12. The van der Waals surface area contributed by atoms with E-state index in [1.807, 2.05) is 31.2 Å². The highest BCUT2D eigenvalue weighted by molar-refractivity contribution is 5.48. The first-order valence-electron chi connectivity index (χ1n) is 6.01. The van der Waals surface area contributed by atoms with E-state index in [0.29, 0.717) is 19.5 Å². The van der Waals surface area contributed by atoms with Crippen LogP contribution in [-0.4, -0.2) is 25.8 Å². The Morgan fingerprint density at radius 2 is 1.94 bits per heavy atom. The fourth-order valence-electron chi connectivity index (χ4n) is 1.74. The third kappa shape index (κ3) is 5.40. The van der Waals surface area contributed by atoms with Crippen LogP contribution in [0.2, 0.25) is 0 Å². The maximum Gasteiger partial charge on any atom is 0.390 e. The van der Waals surface area contributed by atoms with Crippen molar-refractivity contribution in [2.75, 3.05) is 24.5 Å². The summed E-state index contributed by atoms with van der Waals surface area (Å²) in [7, 11) is 0. The number of anilines is 1. The normalized spacial score (nSPS) is 11.6. The van der Waals surface area contributed by atoms with Gasteiger partial charge in [0.15, 0.2) is 0 Å². The zero-order chi connectivity index (χ0) is 13.6. The summed E-state index contributed by atoms with van der Waals surface area (Å²) in [6, 6.07) is 7.51. The fourth-order valence-corrected chi connectivity index (χ4v) is 1.74. The monoisotopic (exact) mass is 260 g/mol. The predicted octanol–water partition coefficient (Wildman–Crippen LogP) is 3.10. The molecule has 102 valence electrons. The van der Waals surface area contributed by atoms with Crippen LogP contribution in [0.5, 0.6) is 0 Å². The van der Waals surface area contributed by atoms with E-state index in [4.69, 9.17) is 5.73 Å². The zero-order valence-corrected chi connectivity index (χ0v) is 10.5. The summed E-state index contributed by atoms with van der Waals surface area (Å²) in [5, 5.41) is 0. The van der Waals surface area contributed by atoms with Gasteiger partial charge in [-0.05, 0) is 37.6 Å². The highest BCUT2D eigenvalue weighted by Gasteiger charge is 2.27. The molecule has 0 amide bonds. The molecule has 1 aromatic carbocycles. The number of hydrogen-bond donors (Lipinski definition) is 1. The second-order valence-corrected chi connectivity index (χ2v) is 4.33. The lowest BCUT2D eigenvalue weighted by Crippen LogP contribution is -2.30. The number of nitrogens with zero attached hydrogens (tertiary/aromatic N) is 1. The number of halogens is 3. The molecular weight excluding hydrogens is 241 g/mol. The SMILES string of the molecule is Cc1cccc(N(CCCN)CCC(F)(F)F)c1. The molecule has 0 aliphatic rings. The molecule has 0 heterocycles. The van der Waals surface area contributed by atoms with Crippen LogP contribution < -0.4 is 10.6 Å². The lowest BCUT2D eigenvalue weighted by Gasteiger charge is -2.25. The van der Waals surface area contributed by atoms with Crippen molar-refractivity contribution in [3.63, 3.8) is 0 Å². The minimum Gasteiger partial charge on any atom is -0.371 e. The van der Waals surface area contributed by atoms with Crippen LogP contribution in [0.15, 0.2) is 24.3 Å². The molecule has 0 aliphatic carbocycles. The lowest BCUT2D eigenvalue weighted by atomic mass is 10.2. The third-order valence-corrected chi connectivity index (χ3v) is 2.66. The lowest BCUT2D eigenvalue weighted by molar-refractivity contribution is -0.132. The van der Waals surface area contributed by atoms with Crippen LogP contribution in [0.4, 0.5) is 18.9 Å². The van der Waals surface area contributed by atoms with Gasteiger partial charge < -0.3 is 10.6 Å². The molecular formula is C13H19F3N2. The molecule has 1 rings (SSSR count). The van der Waals surface area contributed by atoms with E-state index in [1.54, 1.807) is 4.90 Å². The minimum absolute atomic E-state index is 0.0209. The highest BCUT2D eigenvalue weighted by Crippen LogP contribution is 2.23. The molecule has 0 saturated heterocycles. The quantitative estimate of drug-likeness (QED) is 0.851. The predicted molar refractivity (Wildman–Crippen MR) is 67.7 cm³/mol. The molecule has 0 aliphatic heterocycles. The molecule has 0 atom stereocenters. The Kier molecular flexibility index (Phi) is 5.47. The molecule has 0 bridgehead atoms. The van der Waals surface area contributed by atoms with Crippen molar-refractivity contribution in [3.8, 4) is 0 Å². The number of alkyl halides is 3. The Balaban J connectivity index is 2.71. The van der Waals surface area contributed by atoms with Crippen LogP contribution >= 0.6 is 0 Å². The standard InChI is InChI=1S/C13H19F3N2/c1-11-4-2-5-12(10-11)18(8-3-7-17)9-6-13(14,15)16/h2,4-5,10H,3,6-9,17H2,1H3. The molecule has 18 heavy (non-hydrogen) atoms. The summed E-state index contributed by atoms with van der Waals surface area (Å²) in [5.74, 6) is 0. The molecule has 5 heteroatoms. The van der Waals surface area contributed by atoms with E-state index in [9.17, 15) is 13.2 Å². The molecule has 0 saturated carbocycles. The average Bonchev–Trinajstić information content (AvgIpc) is 2.28. The van der Waals surface area contributed by atoms with Crippen molar-refractivity contribution in [3.05, 3.63) is 29.8 Å². The second kappa shape index (κ2) is 6.64. The van der Waals surface area contributed by atoms with Crippen molar-refractivity contribution in [1.29, 1.82) is 0 Å². The van der Waals surface area contributed by atoms with Gasteiger partial charge in [0.05, 0.1) is 6.42 Å². The summed E-state index contributed by atoms with van der Waals surface area (Å²) in [5.41, 5.74) is 7.28. The Hall–Kier alpha value is -1.23. The highest BCUT2D eigenvalue weighted by atomic mass is 19.4. The smallest absolute Gasteiger partial charge is 0.371 e. The van der Waals surface area contributed by atoms with Crippen LogP contribution in [0.1, 0.15) is 18.4 Å². The van der Waals surface area contributed by atoms with Crippen LogP contribution in [0.25, 0.3) is 0 Å². The Bertz CT molecular complexity index is 363. The third-order valence-electron chi connectivity index (χ3n) is 2.66. The first-order valence-corrected chi connectivity index (χ1v) is 6.01. The molecule has 0 fully saturated rings. The maximum absolute atomic E-state index is 12.3. The molecule has 1 aromatic rings. The van der Waals surface area contributed by atoms with E-state index in [2.05, 4.69) is 0 Å². The van der Waals surface area contributed by atoms with Crippen LogP contribution in [0, 0.1) is 6.92 Å². The van der Waals surface area contributed by atoms with E-state index >= 15 is 0 Å². The van der Waals surface area contributed by atoms with E-state index in [1.165, 1.54) is 0 Å². The molecule has 0 unspecified atom stereocenters. The number of nitrogens with two attached hydrogens (primary N) is 1. The van der Waals surface area contributed by atoms with Gasteiger partial charge in [-0.15, -0.1) is 0 Å². The van der Waals surface area contributed by atoms with Gasteiger partial charge in [0.1, 0.15) is 0 Å². The van der Waals surface area contributed by atoms with E-state index in [0.717, 1.165) is 11.3 Å². The first-order chi connectivity index (χ1) is 8.42. The van der Waals surface area contributed by atoms with Crippen molar-refractivity contribution in [2.45, 2.75) is 25.9 Å². The number of aryl methyl sites for hydroxylation is 1. The first kappa shape index (κ1) is 14.8. The van der Waals surface area contributed by atoms with Crippen LogP contribution in [0.3, 0.4) is 0 Å². The molecule has 0 radical (unpaired) electrons. The van der Waals surface area contributed by atoms with Crippen molar-refractivity contribution >= 4 is 5.69 Å². The summed E-state index contributed by atoms with van der Waals surface area (Å²) in [4.78, 5) is 1.74. The van der Waals surface area contributed by atoms with Crippen molar-refractivity contribution < 1.29 is 13.2 Å². The molecule has 2 nitrogen and oxygen atoms in total. The van der Waals surface area contributed by atoms with Gasteiger partial charge in [0.2, 0.25) is 0 Å². The summed E-state index contributed by atoms with van der Waals surface area (Å²) in [6.45, 7) is 2.94. The van der Waals surface area contributed by atoms with Gasteiger partial charge in [0.25, 0.3) is 0 Å². The Labute approximate surface area is 106 Å². The van der Waals surface area contributed by atoms with E-state index in [-0.39, 0.29) is 6.54 Å². The molecule has 2 N–H and O–H groups in total. The van der Waals surface area contributed by atoms with Gasteiger partial charge in [-0.25, -0.2) is 0 Å². The van der Waals surface area contributed by atoms with Gasteiger partial charge in [-0.3, -0.25) is 0 Å². The van der Waals surface area contributed by atoms with Crippen LogP contribution in [-0.2, 0) is 0 Å². The Morgan fingerprint density at radius 1 is 1.22 bits per heavy atom.